The maximum Gasteiger partial charge on any atom is 0.325 e. The van der Waals surface area contributed by atoms with Gasteiger partial charge < -0.3 is 15.4 Å². The smallest absolute Gasteiger partial charge is 0.325 e. The Hall–Kier alpha value is -3.49. The van der Waals surface area contributed by atoms with Crippen molar-refractivity contribution in [1.29, 1.82) is 0 Å². The number of halogens is 1. The minimum atomic E-state index is -0.724. The molecule has 168 valence electrons. The first kappa shape index (κ1) is 21.7. The lowest BCUT2D eigenvalue weighted by molar-refractivity contribution is -0.131. The molecular weight excluding hydrogens is 415 g/mol. The summed E-state index contributed by atoms with van der Waals surface area (Å²) >= 11 is 0. The van der Waals surface area contributed by atoms with Crippen LogP contribution >= 0.6 is 0 Å². The molecule has 1 saturated carbocycles. The first-order chi connectivity index (χ1) is 15.5. The molecule has 9 heteroatoms. The number of imide groups is 1. The Bertz CT molecular complexity index is 1020. The minimum Gasteiger partial charge on any atom is -0.439 e. The molecule has 0 atom stereocenters. The number of amides is 4. The highest BCUT2D eigenvalue weighted by Crippen LogP contribution is 2.35. The zero-order valence-electron chi connectivity index (χ0n) is 17.6. The summed E-state index contributed by atoms with van der Waals surface area (Å²) in [5.74, 6) is -0.218. The molecule has 2 heterocycles. The molecule has 1 aromatic carbocycles. The highest BCUT2D eigenvalue weighted by Gasteiger charge is 2.52. The van der Waals surface area contributed by atoms with Crippen LogP contribution in [0.3, 0.4) is 0 Å². The van der Waals surface area contributed by atoms with Crippen LogP contribution in [0.15, 0.2) is 42.6 Å². The maximum atomic E-state index is 13.4. The van der Waals surface area contributed by atoms with Gasteiger partial charge in [0.15, 0.2) is 0 Å². The number of benzene rings is 1. The Morgan fingerprint density at radius 1 is 1.22 bits per heavy atom. The third kappa shape index (κ3) is 4.71. The lowest BCUT2D eigenvalue weighted by Crippen LogP contribution is -2.44. The van der Waals surface area contributed by atoms with Crippen molar-refractivity contribution in [3.05, 3.63) is 54.0 Å². The quantitative estimate of drug-likeness (QED) is 0.614. The van der Waals surface area contributed by atoms with E-state index in [1.54, 1.807) is 24.4 Å². The zero-order valence-corrected chi connectivity index (χ0v) is 17.6. The first-order valence-corrected chi connectivity index (χ1v) is 10.7. The SMILES string of the molecule is O=C(CCCN1C(=O)NC2(CCCC2)C1=O)NCc1cccnc1Oc1cccc(F)c1. The molecule has 1 saturated heterocycles. The van der Waals surface area contributed by atoms with E-state index in [-0.39, 0.29) is 43.2 Å². The molecule has 0 radical (unpaired) electrons. The van der Waals surface area contributed by atoms with E-state index >= 15 is 0 Å². The number of nitrogens with zero attached hydrogens (tertiary/aromatic N) is 2. The van der Waals surface area contributed by atoms with Crippen LogP contribution in [0.5, 0.6) is 11.6 Å². The summed E-state index contributed by atoms with van der Waals surface area (Å²) in [6, 6.07) is 8.83. The number of aromatic nitrogens is 1. The van der Waals surface area contributed by atoms with Crippen molar-refractivity contribution in [1.82, 2.24) is 20.5 Å². The second-order valence-corrected chi connectivity index (χ2v) is 8.08. The van der Waals surface area contributed by atoms with Gasteiger partial charge in [0, 0.05) is 37.3 Å². The molecular formula is C23H25FN4O4. The molecule has 2 fully saturated rings. The summed E-state index contributed by atoms with van der Waals surface area (Å²) in [5, 5.41) is 5.63. The van der Waals surface area contributed by atoms with Gasteiger partial charge in [0.1, 0.15) is 17.1 Å². The summed E-state index contributed by atoms with van der Waals surface area (Å²) in [5.41, 5.74) is -0.0834. The Labute approximate surface area is 185 Å². The topological polar surface area (TPSA) is 101 Å². The van der Waals surface area contributed by atoms with E-state index in [1.807, 2.05) is 0 Å². The Balaban J connectivity index is 1.26. The van der Waals surface area contributed by atoms with Gasteiger partial charge in [-0.2, -0.15) is 0 Å². The van der Waals surface area contributed by atoms with Crippen molar-refractivity contribution in [2.24, 2.45) is 0 Å². The second-order valence-electron chi connectivity index (χ2n) is 8.08. The molecule has 2 aromatic rings. The third-order valence-electron chi connectivity index (χ3n) is 5.83. The summed E-state index contributed by atoms with van der Waals surface area (Å²) in [6.45, 7) is 0.393. The fourth-order valence-corrected chi connectivity index (χ4v) is 4.17. The number of hydrogen-bond donors (Lipinski definition) is 2. The van der Waals surface area contributed by atoms with Gasteiger partial charge in [-0.1, -0.05) is 25.0 Å². The van der Waals surface area contributed by atoms with Gasteiger partial charge in [0.05, 0.1) is 0 Å². The normalized spacial score (nSPS) is 17.0. The second kappa shape index (κ2) is 9.33. The molecule has 0 unspecified atom stereocenters. The first-order valence-electron chi connectivity index (χ1n) is 10.7. The number of carbonyl (C=O) groups is 3. The average Bonchev–Trinajstić information content (AvgIpc) is 3.33. The minimum absolute atomic E-state index is 0.171. The Morgan fingerprint density at radius 2 is 2.03 bits per heavy atom. The molecule has 32 heavy (non-hydrogen) atoms. The summed E-state index contributed by atoms with van der Waals surface area (Å²) in [7, 11) is 0. The number of urea groups is 1. The van der Waals surface area contributed by atoms with E-state index < -0.39 is 11.4 Å². The van der Waals surface area contributed by atoms with Crippen molar-refractivity contribution in [2.45, 2.75) is 50.6 Å². The number of ether oxygens (including phenoxy) is 1. The fourth-order valence-electron chi connectivity index (χ4n) is 4.17. The van der Waals surface area contributed by atoms with Crippen LogP contribution < -0.4 is 15.4 Å². The van der Waals surface area contributed by atoms with E-state index in [1.165, 1.54) is 23.1 Å². The van der Waals surface area contributed by atoms with Crippen molar-refractivity contribution < 1.29 is 23.5 Å². The van der Waals surface area contributed by atoms with Crippen molar-refractivity contribution in [2.75, 3.05) is 6.54 Å². The van der Waals surface area contributed by atoms with Gasteiger partial charge in [-0.15, -0.1) is 0 Å². The molecule has 1 aliphatic heterocycles. The zero-order chi connectivity index (χ0) is 22.6. The number of rotatable bonds is 8. The predicted molar refractivity (Wildman–Crippen MR) is 113 cm³/mol. The molecule has 4 rings (SSSR count). The number of pyridine rings is 1. The average molecular weight is 440 g/mol. The van der Waals surface area contributed by atoms with Gasteiger partial charge >= 0.3 is 6.03 Å². The molecule has 4 amide bonds. The number of nitrogens with one attached hydrogen (secondary N) is 2. The highest BCUT2D eigenvalue weighted by molar-refractivity contribution is 6.07. The van der Waals surface area contributed by atoms with Gasteiger partial charge in [-0.25, -0.2) is 14.2 Å². The van der Waals surface area contributed by atoms with Crippen LogP contribution in [0.25, 0.3) is 0 Å². The van der Waals surface area contributed by atoms with E-state index in [2.05, 4.69) is 15.6 Å². The number of carbonyl (C=O) groups excluding carboxylic acids is 3. The monoisotopic (exact) mass is 440 g/mol. The van der Waals surface area contributed by atoms with Crippen molar-refractivity contribution >= 4 is 17.8 Å². The largest absolute Gasteiger partial charge is 0.439 e. The van der Waals surface area contributed by atoms with Crippen LogP contribution in [-0.2, 0) is 16.1 Å². The molecule has 2 N–H and O–H groups in total. The molecule has 1 aromatic heterocycles. The Kier molecular flexibility index (Phi) is 6.34. The molecule has 1 spiro atoms. The molecule has 1 aliphatic carbocycles. The standard InChI is InChI=1S/C23H25FN4O4/c24-17-7-3-8-18(14-17)32-20-16(6-4-12-25-20)15-26-19(29)9-5-13-28-21(30)23(27-22(28)31)10-1-2-11-23/h3-4,6-8,12,14H,1-2,5,9-11,13,15H2,(H,26,29)(H,27,31). The number of hydrogen-bond acceptors (Lipinski definition) is 5. The van der Waals surface area contributed by atoms with Crippen molar-refractivity contribution in [3.63, 3.8) is 0 Å². The van der Waals surface area contributed by atoms with Gasteiger partial charge in [0.2, 0.25) is 11.8 Å². The predicted octanol–water partition coefficient (Wildman–Crippen LogP) is 3.27. The van der Waals surface area contributed by atoms with Gasteiger partial charge in [-0.05, 0) is 37.5 Å². The third-order valence-corrected chi connectivity index (χ3v) is 5.83. The van der Waals surface area contributed by atoms with E-state index in [4.69, 9.17) is 4.74 Å². The van der Waals surface area contributed by atoms with Crippen LogP contribution in [0.2, 0.25) is 0 Å². The lowest BCUT2D eigenvalue weighted by atomic mass is 9.98. The summed E-state index contributed by atoms with van der Waals surface area (Å²) in [6.07, 6.45) is 5.32. The van der Waals surface area contributed by atoms with Crippen LogP contribution in [0.1, 0.15) is 44.1 Å². The maximum absolute atomic E-state index is 13.4. The van der Waals surface area contributed by atoms with E-state index in [9.17, 15) is 18.8 Å². The summed E-state index contributed by atoms with van der Waals surface area (Å²) in [4.78, 5) is 42.5. The Morgan fingerprint density at radius 3 is 2.81 bits per heavy atom. The van der Waals surface area contributed by atoms with E-state index in [0.717, 1.165) is 12.8 Å². The van der Waals surface area contributed by atoms with Crippen LogP contribution in [0.4, 0.5) is 9.18 Å². The summed E-state index contributed by atoms with van der Waals surface area (Å²) < 4.78 is 19.0. The highest BCUT2D eigenvalue weighted by atomic mass is 19.1. The van der Waals surface area contributed by atoms with Gasteiger partial charge in [0.25, 0.3) is 5.91 Å². The van der Waals surface area contributed by atoms with Crippen LogP contribution in [0, 0.1) is 5.82 Å². The molecule has 8 nitrogen and oxygen atoms in total. The van der Waals surface area contributed by atoms with Crippen LogP contribution in [-0.4, -0.2) is 39.8 Å². The van der Waals surface area contributed by atoms with Gasteiger partial charge in [-0.3, -0.25) is 14.5 Å². The molecule has 2 aliphatic rings. The van der Waals surface area contributed by atoms with E-state index in [0.29, 0.717) is 30.6 Å². The lowest BCUT2D eigenvalue weighted by Gasteiger charge is -2.19. The fraction of sp³-hybridized carbons (Fsp3) is 0.391. The van der Waals surface area contributed by atoms with Crippen molar-refractivity contribution in [3.8, 4) is 11.6 Å². The molecule has 0 bridgehead atoms.